The smallest absolute Gasteiger partial charge is 0.507 e. The van der Waals surface area contributed by atoms with Gasteiger partial charge in [-0.05, 0) is 43.5 Å². The summed E-state index contributed by atoms with van der Waals surface area (Å²) in [6.07, 6.45) is 1.72. The maximum atomic E-state index is 9.92. The number of hydrogen-bond acceptors (Lipinski definition) is 2. The summed E-state index contributed by atoms with van der Waals surface area (Å²) >= 11 is 0. The van der Waals surface area contributed by atoms with E-state index in [0.717, 1.165) is 27.9 Å². The summed E-state index contributed by atoms with van der Waals surface area (Å²) in [5.41, 5.74) is 4.85. The van der Waals surface area contributed by atoms with Crippen LogP contribution in [0.3, 0.4) is 0 Å². The van der Waals surface area contributed by atoms with E-state index in [1.807, 2.05) is 57.2 Å². The van der Waals surface area contributed by atoms with Crippen LogP contribution < -0.4 is 0 Å². The van der Waals surface area contributed by atoms with Gasteiger partial charge in [0.05, 0.1) is 5.69 Å². The summed E-state index contributed by atoms with van der Waals surface area (Å²) in [4.78, 5) is 4.49. The van der Waals surface area contributed by atoms with Gasteiger partial charge in [0.15, 0.2) is 0 Å². The van der Waals surface area contributed by atoms with Crippen LogP contribution in [0, 0.1) is 35.6 Å². The van der Waals surface area contributed by atoms with E-state index in [1.165, 1.54) is 0 Å². The monoisotopic (exact) mass is 371 g/mol. The summed E-state index contributed by atoms with van der Waals surface area (Å²) in [6, 6.07) is 11.8. The second-order valence-electron chi connectivity index (χ2n) is 4.51. The van der Waals surface area contributed by atoms with Gasteiger partial charge in [-0.3, -0.25) is 4.99 Å². The van der Waals surface area contributed by atoms with Crippen LogP contribution >= 0.6 is 0 Å². The van der Waals surface area contributed by atoms with E-state index >= 15 is 0 Å². The van der Waals surface area contributed by atoms with Gasteiger partial charge < -0.3 is 20.0 Å². The van der Waals surface area contributed by atoms with Crippen molar-refractivity contribution in [2.45, 2.75) is 20.8 Å². The van der Waals surface area contributed by atoms with Crippen LogP contribution in [0.1, 0.15) is 22.3 Å². The molecule has 0 aromatic heterocycles. The zero-order chi connectivity index (χ0) is 13.1. The topological polar surface area (TPSA) is 32.6 Å². The fourth-order valence-corrected chi connectivity index (χ4v) is 1.93. The van der Waals surface area contributed by atoms with Crippen LogP contribution in [-0.4, -0.2) is 11.3 Å². The van der Waals surface area contributed by atoms with E-state index in [-0.39, 0.29) is 34.3 Å². The molecule has 0 bridgehead atoms. The molecule has 0 aliphatic heterocycles. The summed E-state index contributed by atoms with van der Waals surface area (Å²) in [7, 11) is 0. The Morgan fingerprint density at radius 2 is 1.33 bits per heavy atom. The fraction of sp³-hybridized carbons (Fsp3) is 0.167. The predicted octanol–water partition coefficient (Wildman–Crippen LogP) is 4.97. The molecule has 0 amide bonds. The maximum absolute atomic E-state index is 9.92. The van der Waals surface area contributed by atoms with Gasteiger partial charge in [-0.1, -0.05) is 30.3 Å². The van der Waals surface area contributed by atoms with Crippen molar-refractivity contribution < 1.29 is 24.6 Å². The minimum Gasteiger partial charge on any atom is -0.507 e. The molecule has 0 saturated carbocycles. The van der Waals surface area contributed by atoms with Crippen molar-refractivity contribution in [3.8, 4) is 5.75 Å². The van der Waals surface area contributed by atoms with Gasteiger partial charge in [-0.25, -0.2) is 0 Å². The molecule has 0 heterocycles. The summed E-state index contributed by atoms with van der Waals surface area (Å²) in [6.45, 7) is 5.96. The van der Waals surface area contributed by atoms with Crippen molar-refractivity contribution in [1.29, 1.82) is 0 Å². The van der Waals surface area contributed by atoms with E-state index in [1.54, 1.807) is 6.21 Å². The molecule has 0 saturated heterocycles. The fourth-order valence-electron chi connectivity index (χ4n) is 1.93. The molecule has 2 aromatic rings. The second-order valence-corrected chi connectivity index (χ2v) is 4.51. The zero-order valence-corrected chi connectivity index (χ0v) is 15.0. The molecule has 0 unspecified atom stereocenters. The molecule has 0 aliphatic carbocycles. The van der Waals surface area contributed by atoms with E-state index in [9.17, 15) is 5.11 Å². The average Bonchev–Trinajstić information content (AvgIpc) is 2.33. The van der Waals surface area contributed by atoms with Crippen LogP contribution in [0.5, 0.6) is 5.75 Å². The Hall–Kier alpha value is -1.47. The normalized spacial score (nSPS) is 9.48. The van der Waals surface area contributed by atoms with E-state index < -0.39 is 0 Å². The third-order valence-corrected chi connectivity index (χ3v) is 3.04. The van der Waals surface area contributed by atoms with Gasteiger partial charge >= 0.3 is 19.5 Å². The van der Waals surface area contributed by atoms with Gasteiger partial charge in [0.25, 0.3) is 0 Å². The third-order valence-electron chi connectivity index (χ3n) is 3.04. The van der Waals surface area contributed by atoms with E-state index in [0.29, 0.717) is 5.75 Å². The number of benzene rings is 2. The van der Waals surface area contributed by atoms with Crippen LogP contribution in [0.25, 0.3) is 0 Å². The number of para-hydroxylation sites is 2. The molecule has 2 rings (SSSR count). The molecular formula is C18H23NORu. The minimum absolute atomic E-state index is 0. The molecule has 3 heteroatoms. The molecule has 0 atom stereocenters. The number of aromatic hydroxyl groups is 1. The van der Waals surface area contributed by atoms with Crippen molar-refractivity contribution >= 4 is 11.9 Å². The standard InChI is InChI=1S/C16H17NO.2CH3.Ru/c1-11-6-4-7-12(2)15(11)17-10-14-9-5-8-13(3)16(14)18;;;/h4-10,18H,1-3H3;2*1H3;/q;2*-1;+2. The van der Waals surface area contributed by atoms with Crippen molar-refractivity contribution in [3.63, 3.8) is 0 Å². The van der Waals surface area contributed by atoms with E-state index in [2.05, 4.69) is 4.99 Å². The SMILES string of the molecule is Cc1cccc(C=Nc2c(C)cccc2C)c1O.[CH3-].[CH3-].[Ru+2]. The summed E-state index contributed by atoms with van der Waals surface area (Å²) in [5, 5.41) is 9.92. The quantitative estimate of drug-likeness (QED) is 0.452. The Bertz CT molecular complexity index is 586. The third kappa shape index (κ3) is 5.09. The number of phenolic OH excluding ortho intramolecular Hbond substituents is 1. The molecule has 1 N–H and O–H groups in total. The number of rotatable bonds is 2. The van der Waals surface area contributed by atoms with Gasteiger partial charge in [-0.2, -0.15) is 0 Å². The van der Waals surface area contributed by atoms with Crippen molar-refractivity contribution in [2.75, 3.05) is 0 Å². The number of phenols is 1. The number of aliphatic imine (C=N–C) groups is 1. The largest absolute Gasteiger partial charge is 2.00 e. The molecule has 114 valence electrons. The van der Waals surface area contributed by atoms with Gasteiger partial charge in [0, 0.05) is 11.8 Å². The average molecular weight is 370 g/mol. The number of hydrogen-bond donors (Lipinski definition) is 1. The molecule has 2 aromatic carbocycles. The van der Waals surface area contributed by atoms with E-state index in [4.69, 9.17) is 0 Å². The van der Waals surface area contributed by atoms with Crippen LogP contribution in [0.4, 0.5) is 5.69 Å². The van der Waals surface area contributed by atoms with Crippen LogP contribution in [0.15, 0.2) is 41.4 Å². The first kappa shape index (κ1) is 21.8. The first-order chi connectivity index (χ1) is 8.59. The second kappa shape index (κ2) is 9.47. The van der Waals surface area contributed by atoms with Crippen molar-refractivity contribution in [2.24, 2.45) is 4.99 Å². The van der Waals surface area contributed by atoms with Crippen molar-refractivity contribution in [1.82, 2.24) is 0 Å². The number of nitrogens with zero attached hydrogens (tertiary/aromatic N) is 1. The zero-order valence-electron chi connectivity index (χ0n) is 13.3. The Morgan fingerprint density at radius 3 is 1.90 bits per heavy atom. The summed E-state index contributed by atoms with van der Waals surface area (Å²) < 4.78 is 0. The first-order valence-corrected chi connectivity index (χ1v) is 5.98. The molecule has 2 nitrogen and oxygen atoms in total. The Balaban J connectivity index is 0. The predicted molar refractivity (Wildman–Crippen MR) is 88.8 cm³/mol. The van der Waals surface area contributed by atoms with Crippen LogP contribution in [0.2, 0.25) is 0 Å². The molecule has 0 fully saturated rings. The Labute approximate surface area is 141 Å². The molecule has 0 spiro atoms. The summed E-state index contributed by atoms with van der Waals surface area (Å²) in [5.74, 6) is 0.299. The van der Waals surface area contributed by atoms with Gasteiger partial charge in [0.2, 0.25) is 0 Å². The Kier molecular flexibility index (Phi) is 9.84. The van der Waals surface area contributed by atoms with Crippen molar-refractivity contribution in [3.05, 3.63) is 73.5 Å². The first-order valence-electron chi connectivity index (χ1n) is 5.98. The Morgan fingerprint density at radius 1 is 0.857 bits per heavy atom. The van der Waals surface area contributed by atoms with Gasteiger partial charge in [-0.15, -0.1) is 0 Å². The molecular weight excluding hydrogens is 347 g/mol. The van der Waals surface area contributed by atoms with Crippen LogP contribution in [-0.2, 0) is 19.5 Å². The molecule has 0 radical (unpaired) electrons. The maximum Gasteiger partial charge on any atom is 2.00 e. The molecule has 21 heavy (non-hydrogen) atoms. The minimum atomic E-state index is 0. The van der Waals surface area contributed by atoms with Gasteiger partial charge in [0.1, 0.15) is 5.75 Å². The molecule has 0 aliphatic rings. The number of aryl methyl sites for hydroxylation is 3.